The van der Waals surface area contributed by atoms with Crippen LogP contribution in [0, 0.1) is 5.82 Å². The van der Waals surface area contributed by atoms with Gasteiger partial charge in [0.2, 0.25) is 6.10 Å². The molecule has 3 rings (SSSR count). The zero-order chi connectivity index (χ0) is 19.2. The maximum Gasteiger partial charge on any atom is 0.346 e. The maximum atomic E-state index is 12.9. The van der Waals surface area contributed by atoms with Crippen LogP contribution in [-0.4, -0.2) is 42.8 Å². The summed E-state index contributed by atoms with van der Waals surface area (Å²) in [4.78, 5) is 23.8. The highest BCUT2D eigenvalue weighted by molar-refractivity contribution is 5.94. The number of nitrogens with one attached hydrogen (secondary N) is 1. The van der Waals surface area contributed by atoms with Gasteiger partial charge in [-0.3, -0.25) is 4.79 Å². The Morgan fingerprint density at radius 1 is 1.26 bits per heavy atom. The maximum absolute atomic E-state index is 12.9. The largest absolute Gasteiger partial charge is 0.478 e. The summed E-state index contributed by atoms with van der Waals surface area (Å²) in [6.07, 6.45) is -0.372. The standard InChI is InChI=1S/C20H20FNO5/c21-16-4-6-17(7-5-16)27-18(20(24)25)11-22-19(23)14-3-1-2-13(10-14)15-8-9-26-12-15/h1-7,10,15,18H,8-9,11-12H2,(H,22,23)(H,24,25). The summed E-state index contributed by atoms with van der Waals surface area (Å²) < 4.78 is 23.6. The zero-order valence-electron chi connectivity index (χ0n) is 14.6. The second-order valence-corrected chi connectivity index (χ2v) is 6.29. The van der Waals surface area contributed by atoms with Gasteiger partial charge in [0.15, 0.2) is 0 Å². The third kappa shape index (κ3) is 5.04. The molecule has 1 aliphatic rings. The molecule has 0 radical (unpaired) electrons. The van der Waals surface area contributed by atoms with Crippen LogP contribution in [0.4, 0.5) is 4.39 Å². The van der Waals surface area contributed by atoms with E-state index in [-0.39, 0.29) is 24.1 Å². The number of hydrogen-bond donors (Lipinski definition) is 2. The van der Waals surface area contributed by atoms with Gasteiger partial charge >= 0.3 is 5.97 Å². The predicted molar refractivity (Wildman–Crippen MR) is 95.4 cm³/mol. The molecule has 0 saturated carbocycles. The monoisotopic (exact) mass is 373 g/mol. The Morgan fingerprint density at radius 3 is 2.70 bits per heavy atom. The number of hydrogen-bond acceptors (Lipinski definition) is 4. The van der Waals surface area contributed by atoms with E-state index in [1.54, 1.807) is 18.2 Å². The van der Waals surface area contributed by atoms with Gasteiger partial charge in [-0.2, -0.15) is 0 Å². The number of benzene rings is 2. The van der Waals surface area contributed by atoms with Crippen molar-refractivity contribution in [1.82, 2.24) is 5.32 Å². The molecule has 1 heterocycles. The van der Waals surface area contributed by atoms with Gasteiger partial charge in [-0.25, -0.2) is 9.18 Å². The average molecular weight is 373 g/mol. The van der Waals surface area contributed by atoms with Crippen molar-refractivity contribution >= 4 is 11.9 Å². The Morgan fingerprint density at radius 2 is 2.04 bits per heavy atom. The molecule has 2 unspecified atom stereocenters. The van der Waals surface area contributed by atoms with Crippen molar-refractivity contribution in [3.63, 3.8) is 0 Å². The van der Waals surface area contributed by atoms with Crippen LogP contribution >= 0.6 is 0 Å². The van der Waals surface area contributed by atoms with Gasteiger partial charge in [0.05, 0.1) is 13.2 Å². The minimum Gasteiger partial charge on any atom is -0.478 e. The molecule has 1 amide bonds. The Kier molecular flexibility index (Phi) is 6.03. The van der Waals surface area contributed by atoms with Crippen LogP contribution in [0.3, 0.4) is 0 Å². The fourth-order valence-corrected chi connectivity index (χ4v) is 2.88. The van der Waals surface area contributed by atoms with Gasteiger partial charge in [-0.1, -0.05) is 12.1 Å². The van der Waals surface area contributed by atoms with E-state index in [0.29, 0.717) is 18.8 Å². The molecular weight excluding hydrogens is 353 g/mol. The summed E-state index contributed by atoms with van der Waals surface area (Å²) in [5, 5.41) is 11.9. The number of halogens is 1. The Balaban J connectivity index is 1.61. The number of carboxylic acid groups (broad SMARTS) is 1. The van der Waals surface area contributed by atoms with Crippen molar-refractivity contribution in [1.29, 1.82) is 0 Å². The first-order valence-electron chi connectivity index (χ1n) is 8.64. The normalized spacial score (nSPS) is 17.3. The topological polar surface area (TPSA) is 84.9 Å². The smallest absolute Gasteiger partial charge is 0.346 e. The van der Waals surface area contributed by atoms with Gasteiger partial charge in [0.25, 0.3) is 5.91 Å². The average Bonchev–Trinajstić information content (AvgIpc) is 3.21. The highest BCUT2D eigenvalue weighted by Gasteiger charge is 2.22. The molecule has 142 valence electrons. The van der Waals surface area contributed by atoms with Crippen molar-refractivity contribution in [3.05, 3.63) is 65.5 Å². The molecule has 2 aromatic rings. The van der Waals surface area contributed by atoms with E-state index in [1.807, 2.05) is 6.07 Å². The number of carbonyl (C=O) groups is 2. The Hall–Kier alpha value is -2.93. The summed E-state index contributed by atoms with van der Waals surface area (Å²) >= 11 is 0. The van der Waals surface area contributed by atoms with Crippen molar-refractivity contribution in [3.8, 4) is 5.75 Å². The van der Waals surface area contributed by atoms with Gasteiger partial charge < -0.3 is 19.9 Å². The summed E-state index contributed by atoms with van der Waals surface area (Å²) in [7, 11) is 0. The van der Waals surface area contributed by atoms with Gasteiger partial charge in [0, 0.05) is 18.1 Å². The molecular formula is C20H20FNO5. The molecule has 2 atom stereocenters. The first-order valence-corrected chi connectivity index (χ1v) is 8.64. The minimum atomic E-state index is -1.29. The molecule has 6 nitrogen and oxygen atoms in total. The second-order valence-electron chi connectivity index (χ2n) is 6.29. The molecule has 1 saturated heterocycles. The molecule has 0 spiro atoms. The summed E-state index contributed by atoms with van der Waals surface area (Å²) in [6.45, 7) is 1.13. The molecule has 2 N–H and O–H groups in total. The molecule has 1 fully saturated rings. The molecule has 27 heavy (non-hydrogen) atoms. The SMILES string of the molecule is O=C(NCC(Oc1ccc(F)cc1)C(=O)O)c1cccc(C2CCOC2)c1. The van der Waals surface area contributed by atoms with Gasteiger partial charge in [-0.05, 0) is 48.4 Å². The summed E-state index contributed by atoms with van der Waals surface area (Å²) in [5.74, 6) is -1.58. The van der Waals surface area contributed by atoms with Crippen molar-refractivity contribution in [2.45, 2.75) is 18.4 Å². The third-order valence-electron chi connectivity index (χ3n) is 4.37. The number of amides is 1. The second kappa shape index (κ2) is 8.64. The van der Waals surface area contributed by atoms with Gasteiger partial charge in [0.1, 0.15) is 11.6 Å². The van der Waals surface area contributed by atoms with Crippen LogP contribution in [0.25, 0.3) is 0 Å². The summed E-state index contributed by atoms with van der Waals surface area (Å²) in [6, 6.07) is 12.2. The molecule has 7 heteroatoms. The van der Waals surface area contributed by atoms with E-state index >= 15 is 0 Å². The van der Waals surface area contributed by atoms with Gasteiger partial charge in [-0.15, -0.1) is 0 Å². The zero-order valence-corrected chi connectivity index (χ0v) is 14.6. The van der Waals surface area contributed by atoms with E-state index in [4.69, 9.17) is 9.47 Å². The minimum absolute atomic E-state index is 0.210. The number of carboxylic acids is 1. The quantitative estimate of drug-likeness (QED) is 0.779. The highest BCUT2D eigenvalue weighted by atomic mass is 19.1. The number of rotatable bonds is 7. The third-order valence-corrected chi connectivity index (χ3v) is 4.37. The van der Waals surface area contributed by atoms with Crippen molar-refractivity contribution in [2.75, 3.05) is 19.8 Å². The van der Waals surface area contributed by atoms with E-state index in [0.717, 1.165) is 12.0 Å². The van der Waals surface area contributed by atoms with Crippen molar-refractivity contribution < 1.29 is 28.6 Å². The lowest BCUT2D eigenvalue weighted by Crippen LogP contribution is -2.40. The number of aliphatic carboxylic acids is 1. The van der Waals surface area contributed by atoms with E-state index in [9.17, 15) is 19.1 Å². The van der Waals surface area contributed by atoms with Crippen LogP contribution in [0.15, 0.2) is 48.5 Å². The molecule has 0 bridgehead atoms. The number of carbonyl (C=O) groups excluding carboxylic acids is 1. The molecule has 0 aromatic heterocycles. The van der Waals surface area contributed by atoms with Crippen LogP contribution in [0.5, 0.6) is 5.75 Å². The Bertz CT molecular complexity index is 802. The van der Waals surface area contributed by atoms with E-state index < -0.39 is 17.9 Å². The predicted octanol–water partition coefficient (Wildman–Crippen LogP) is 2.59. The first-order chi connectivity index (χ1) is 13.0. The fourth-order valence-electron chi connectivity index (χ4n) is 2.88. The van der Waals surface area contributed by atoms with Crippen LogP contribution < -0.4 is 10.1 Å². The van der Waals surface area contributed by atoms with Crippen molar-refractivity contribution in [2.24, 2.45) is 0 Å². The van der Waals surface area contributed by atoms with Crippen LogP contribution in [-0.2, 0) is 9.53 Å². The highest BCUT2D eigenvalue weighted by Crippen LogP contribution is 2.25. The van der Waals surface area contributed by atoms with E-state index in [1.165, 1.54) is 24.3 Å². The molecule has 0 aliphatic carbocycles. The molecule has 1 aliphatic heterocycles. The van der Waals surface area contributed by atoms with E-state index in [2.05, 4.69) is 5.32 Å². The number of ether oxygens (including phenoxy) is 2. The lowest BCUT2D eigenvalue weighted by molar-refractivity contribution is -0.144. The fraction of sp³-hybridized carbons (Fsp3) is 0.300. The first kappa shape index (κ1) is 18.8. The van der Waals surface area contributed by atoms with Crippen LogP contribution in [0.2, 0.25) is 0 Å². The molecule has 2 aromatic carbocycles. The van der Waals surface area contributed by atoms with Crippen LogP contribution in [0.1, 0.15) is 28.3 Å². The lowest BCUT2D eigenvalue weighted by Gasteiger charge is -2.16. The lowest BCUT2D eigenvalue weighted by atomic mass is 9.96. The summed E-state index contributed by atoms with van der Waals surface area (Å²) in [5.41, 5.74) is 1.47. The Labute approximate surface area is 155 Å².